The van der Waals surface area contributed by atoms with Gasteiger partial charge in [0.05, 0.1) is 5.75 Å². The van der Waals surface area contributed by atoms with E-state index in [0.29, 0.717) is 17.9 Å². The Morgan fingerprint density at radius 3 is 2.61 bits per heavy atom. The Kier molecular flexibility index (Phi) is 6.54. The summed E-state index contributed by atoms with van der Waals surface area (Å²) in [5, 5.41) is 14.6. The Morgan fingerprint density at radius 2 is 1.96 bits per heavy atom. The van der Waals surface area contributed by atoms with Gasteiger partial charge in [-0.1, -0.05) is 47.4 Å². The Bertz CT molecular complexity index is 670. The molecule has 0 aliphatic heterocycles. The molecule has 0 unspecified atom stereocenters. The molecular formula is C15H18N4O2S2. The van der Waals surface area contributed by atoms with Gasteiger partial charge in [-0.25, -0.2) is 0 Å². The average Bonchev–Trinajstić information content (AvgIpc) is 2.99. The number of carbonyl (C=O) groups excluding carboxylic acids is 2. The molecule has 0 fully saturated rings. The largest absolute Gasteiger partial charge is 0.360 e. The molecule has 122 valence electrons. The zero-order valence-corrected chi connectivity index (χ0v) is 14.6. The van der Waals surface area contributed by atoms with Crippen LogP contribution < -0.4 is 10.6 Å². The first-order valence-electron chi connectivity index (χ1n) is 7.15. The zero-order valence-electron chi connectivity index (χ0n) is 13.0. The summed E-state index contributed by atoms with van der Waals surface area (Å²) in [7, 11) is 0. The number of amides is 1. The van der Waals surface area contributed by atoms with Gasteiger partial charge in [0.2, 0.25) is 11.0 Å². The van der Waals surface area contributed by atoms with Crippen molar-refractivity contribution in [2.45, 2.75) is 24.7 Å². The summed E-state index contributed by atoms with van der Waals surface area (Å²) >= 11 is 2.83. The van der Waals surface area contributed by atoms with E-state index in [0.717, 1.165) is 21.6 Å². The first kappa shape index (κ1) is 17.4. The number of Topliss-reactive ketones (excluding diaryl/α,β-unsaturated/α-hetero) is 1. The van der Waals surface area contributed by atoms with E-state index >= 15 is 0 Å². The average molecular weight is 350 g/mol. The summed E-state index contributed by atoms with van der Waals surface area (Å²) in [5.41, 5.74) is 1.62. The molecule has 2 rings (SSSR count). The van der Waals surface area contributed by atoms with Crippen molar-refractivity contribution in [2.75, 3.05) is 17.6 Å². The van der Waals surface area contributed by atoms with Crippen LogP contribution in [0, 0.1) is 0 Å². The third-order valence-corrected chi connectivity index (χ3v) is 4.89. The molecule has 1 aromatic heterocycles. The van der Waals surface area contributed by atoms with Gasteiger partial charge < -0.3 is 10.6 Å². The third-order valence-electron chi connectivity index (χ3n) is 2.88. The van der Waals surface area contributed by atoms with Crippen molar-refractivity contribution in [2.24, 2.45) is 0 Å². The minimum Gasteiger partial charge on any atom is -0.360 e. The van der Waals surface area contributed by atoms with Gasteiger partial charge in [0.25, 0.3) is 0 Å². The second-order valence-corrected chi connectivity index (χ2v) is 6.92. The maximum atomic E-state index is 12.2. The van der Waals surface area contributed by atoms with Crippen LogP contribution in [0.25, 0.3) is 0 Å². The van der Waals surface area contributed by atoms with Gasteiger partial charge in [-0.05, 0) is 12.5 Å². The molecule has 0 radical (unpaired) electrons. The van der Waals surface area contributed by atoms with Crippen LogP contribution in [0.2, 0.25) is 0 Å². The zero-order chi connectivity index (χ0) is 16.7. The first-order chi connectivity index (χ1) is 11.1. The predicted molar refractivity (Wildman–Crippen MR) is 93.1 cm³/mol. The fraction of sp³-hybridized carbons (Fsp3) is 0.333. The molecule has 23 heavy (non-hydrogen) atoms. The van der Waals surface area contributed by atoms with Gasteiger partial charge in [-0.15, -0.1) is 10.2 Å². The Balaban J connectivity index is 1.86. The number of nitrogens with one attached hydrogen (secondary N) is 2. The van der Waals surface area contributed by atoms with E-state index in [9.17, 15) is 9.59 Å². The molecule has 0 saturated heterocycles. The Labute approximate surface area is 143 Å². The van der Waals surface area contributed by atoms with Crippen LogP contribution in [0.3, 0.4) is 0 Å². The lowest BCUT2D eigenvalue weighted by Gasteiger charge is -2.04. The van der Waals surface area contributed by atoms with Gasteiger partial charge in [0.15, 0.2) is 10.1 Å². The van der Waals surface area contributed by atoms with Gasteiger partial charge >= 0.3 is 0 Å². The van der Waals surface area contributed by atoms with Crippen molar-refractivity contribution >= 4 is 39.9 Å². The molecule has 0 bridgehead atoms. The molecule has 0 aliphatic rings. The fourth-order valence-electron chi connectivity index (χ4n) is 1.74. The van der Waals surface area contributed by atoms with Crippen molar-refractivity contribution in [1.29, 1.82) is 0 Å². The lowest BCUT2D eigenvalue weighted by Crippen LogP contribution is -2.18. The SMILES string of the molecule is CCNc1nnc(SCC(=O)c2ccc(CNC(C)=O)cc2)s1. The minimum atomic E-state index is -0.0736. The number of thioether (sulfide) groups is 1. The van der Waals surface area contributed by atoms with Crippen LogP contribution in [0.1, 0.15) is 29.8 Å². The van der Waals surface area contributed by atoms with Gasteiger partial charge in [0, 0.05) is 25.6 Å². The number of anilines is 1. The molecule has 8 heteroatoms. The normalized spacial score (nSPS) is 10.3. The lowest BCUT2D eigenvalue weighted by molar-refractivity contribution is -0.119. The highest BCUT2D eigenvalue weighted by Gasteiger charge is 2.10. The van der Waals surface area contributed by atoms with Crippen molar-refractivity contribution < 1.29 is 9.59 Å². The highest BCUT2D eigenvalue weighted by molar-refractivity contribution is 8.01. The van der Waals surface area contributed by atoms with Crippen LogP contribution in [0.5, 0.6) is 0 Å². The van der Waals surface area contributed by atoms with Gasteiger partial charge in [-0.3, -0.25) is 9.59 Å². The molecular weight excluding hydrogens is 332 g/mol. The lowest BCUT2D eigenvalue weighted by atomic mass is 10.1. The summed E-state index contributed by atoms with van der Waals surface area (Å²) < 4.78 is 0.775. The van der Waals surface area contributed by atoms with E-state index in [1.54, 1.807) is 12.1 Å². The summed E-state index contributed by atoms with van der Waals surface area (Å²) in [5.74, 6) is 0.294. The van der Waals surface area contributed by atoms with E-state index in [4.69, 9.17) is 0 Å². The summed E-state index contributed by atoms with van der Waals surface area (Å²) in [6.07, 6.45) is 0. The standard InChI is InChI=1S/C15H18N4O2S2/c1-3-16-14-18-19-15(23-14)22-9-13(21)12-6-4-11(5-7-12)8-17-10(2)20/h4-7H,3,8-9H2,1-2H3,(H,16,18)(H,17,20). The number of nitrogens with zero attached hydrogens (tertiary/aromatic N) is 2. The van der Waals surface area contributed by atoms with E-state index in [1.807, 2.05) is 19.1 Å². The van der Waals surface area contributed by atoms with E-state index in [2.05, 4.69) is 20.8 Å². The maximum absolute atomic E-state index is 12.2. The summed E-state index contributed by atoms with van der Waals surface area (Å²) in [6.45, 7) is 4.73. The number of ketones is 1. The molecule has 2 aromatic rings. The first-order valence-corrected chi connectivity index (χ1v) is 8.95. The second-order valence-electron chi connectivity index (χ2n) is 4.72. The predicted octanol–water partition coefficient (Wildman–Crippen LogP) is 2.58. The number of benzene rings is 1. The number of hydrogen-bond donors (Lipinski definition) is 2. The van der Waals surface area contributed by atoms with Gasteiger partial charge in [0.1, 0.15) is 0 Å². The van der Waals surface area contributed by atoms with Crippen molar-refractivity contribution in [3.63, 3.8) is 0 Å². The quantitative estimate of drug-likeness (QED) is 0.562. The van der Waals surface area contributed by atoms with E-state index in [-0.39, 0.29) is 11.7 Å². The van der Waals surface area contributed by atoms with Crippen LogP contribution in [-0.2, 0) is 11.3 Å². The fourth-order valence-corrected chi connectivity index (χ4v) is 3.45. The van der Waals surface area contributed by atoms with Crippen LogP contribution in [-0.4, -0.2) is 34.2 Å². The number of rotatable bonds is 8. The molecule has 0 saturated carbocycles. The number of carbonyl (C=O) groups is 2. The van der Waals surface area contributed by atoms with Crippen LogP contribution in [0.15, 0.2) is 28.6 Å². The van der Waals surface area contributed by atoms with E-state index in [1.165, 1.54) is 30.0 Å². The van der Waals surface area contributed by atoms with Gasteiger partial charge in [-0.2, -0.15) is 0 Å². The van der Waals surface area contributed by atoms with Crippen LogP contribution in [0.4, 0.5) is 5.13 Å². The molecule has 2 N–H and O–H groups in total. The van der Waals surface area contributed by atoms with Crippen molar-refractivity contribution in [3.05, 3.63) is 35.4 Å². The molecule has 1 amide bonds. The summed E-state index contributed by atoms with van der Waals surface area (Å²) in [4.78, 5) is 23.1. The highest BCUT2D eigenvalue weighted by Crippen LogP contribution is 2.25. The Hall–Kier alpha value is -1.93. The summed E-state index contributed by atoms with van der Waals surface area (Å²) in [6, 6.07) is 7.26. The molecule has 0 aliphatic carbocycles. The van der Waals surface area contributed by atoms with Crippen molar-refractivity contribution in [1.82, 2.24) is 15.5 Å². The van der Waals surface area contributed by atoms with Crippen molar-refractivity contribution in [3.8, 4) is 0 Å². The monoisotopic (exact) mass is 350 g/mol. The van der Waals surface area contributed by atoms with Crippen LogP contribution >= 0.6 is 23.1 Å². The Morgan fingerprint density at radius 1 is 1.22 bits per heavy atom. The smallest absolute Gasteiger partial charge is 0.217 e. The molecule has 1 aromatic carbocycles. The second kappa shape index (κ2) is 8.64. The minimum absolute atomic E-state index is 0.0428. The third kappa shape index (κ3) is 5.65. The molecule has 1 heterocycles. The molecule has 0 atom stereocenters. The number of aromatic nitrogens is 2. The number of hydrogen-bond acceptors (Lipinski definition) is 7. The van der Waals surface area contributed by atoms with E-state index < -0.39 is 0 Å². The highest BCUT2D eigenvalue weighted by atomic mass is 32.2. The molecule has 0 spiro atoms. The maximum Gasteiger partial charge on any atom is 0.217 e. The molecule has 6 nitrogen and oxygen atoms in total. The topological polar surface area (TPSA) is 84.0 Å².